The standard InChI is InChI=1S/C10H16N2O/c1-9-2-3-11-10(8-9)12-4-6-13-7-5-12/h3,8-9H,2,4-7H2,1H3. The number of nitrogens with zero attached hydrogens (tertiary/aromatic N) is 2. The van der Waals surface area contributed by atoms with Crippen LogP contribution in [0.4, 0.5) is 0 Å². The quantitative estimate of drug-likeness (QED) is 0.607. The van der Waals surface area contributed by atoms with Crippen LogP contribution in [0.5, 0.6) is 0 Å². The van der Waals surface area contributed by atoms with Crippen molar-refractivity contribution in [3.63, 3.8) is 0 Å². The average molecular weight is 180 g/mol. The van der Waals surface area contributed by atoms with Gasteiger partial charge in [0.05, 0.1) is 13.2 Å². The van der Waals surface area contributed by atoms with Gasteiger partial charge >= 0.3 is 0 Å². The maximum atomic E-state index is 5.30. The Morgan fingerprint density at radius 2 is 2.23 bits per heavy atom. The van der Waals surface area contributed by atoms with E-state index in [1.807, 2.05) is 6.21 Å². The summed E-state index contributed by atoms with van der Waals surface area (Å²) >= 11 is 0. The summed E-state index contributed by atoms with van der Waals surface area (Å²) in [7, 11) is 0. The topological polar surface area (TPSA) is 24.8 Å². The lowest BCUT2D eigenvalue weighted by atomic mass is 10.1. The van der Waals surface area contributed by atoms with Crippen molar-refractivity contribution < 1.29 is 4.74 Å². The van der Waals surface area contributed by atoms with Crippen LogP contribution in [-0.4, -0.2) is 37.4 Å². The molecule has 1 fully saturated rings. The number of hydrogen-bond donors (Lipinski definition) is 0. The summed E-state index contributed by atoms with van der Waals surface area (Å²) in [6.07, 6.45) is 5.36. The molecule has 0 aromatic rings. The summed E-state index contributed by atoms with van der Waals surface area (Å²) in [6.45, 7) is 5.86. The van der Waals surface area contributed by atoms with Crippen molar-refractivity contribution in [3.05, 3.63) is 11.9 Å². The molecule has 0 bridgehead atoms. The number of allylic oxidation sites excluding steroid dienone is 1. The number of ether oxygens (including phenoxy) is 1. The minimum atomic E-state index is 0.635. The van der Waals surface area contributed by atoms with E-state index in [0.717, 1.165) is 38.5 Å². The van der Waals surface area contributed by atoms with Crippen molar-refractivity contribution in [2.75, 3.05) is 26.3 Å². The highest BCUT2D eigenvalue weighted by Gasteiger charge is 2.15. The van der Waals surface area contributed by atoms with Crippen LogP contribution < -0.4 is 0 Å². The van der Waals surface area contributed by atoms with Crippen LogP contribution in [0.2, 0.25) is 0 Å². The average Bonchev–Trinajstić information content (AvgIpc) is 2.19. The second kappa shape index (κ2) is 3.92. The van der Waals surface area contributed by atoms with E-state index < -0.39 is 0 Å². The van der Waals surface area contributed by atoms with Gasteiger partial charge in [0.15, 0.2) is 0 Å². The Morgan fingerprint density at radius 3 is 2.92 bits per heavy atom. The molecule has 2 aliphatic rings. The monoisotopic (exact) mass is 180 g/mol. The van der Waals surface area contributed by atoms with Gasteiger partial charge in [0, 0.05) is 19.3 Å². The van der Waals surface area contributed by atoms with E-state index in [0.29, 0.717) is 5.92 Å². The second-order valence-electron chi connectivity index (χ2n) is 3.65. The molecule has 0 spiro atoms. The molecule has 0 N–H and O–H groups in total. The fourth-order valence-corrected chi connectivity index (χ4v) is 1.66. The molecule has 2 heterocycles. The highest BCUT2D eigenvalue weighted by atomic mass is 16.5. The van der Waals surface area contributed by atoms with E-state index in [2.05, 4.69) is 22.9 Å². The van der Waals surface area contributed by atoms with Gasteiger partial charge in [-0.3, -0.25) is 0 Å². The first-order valence-electron chi connectivity index (χ1n) is 4.93. The van der Waals surface area contributed by atoms with Crippen molar-refractivity contribution in [2.24, 2.45) is 10.9 Å². The van der Waals surface area contributed by atoms with Crippen LogP contribution >= 0.6 is 0 Å². The van der Waals surface area contributed by atoms with Crippen LogP contribution in [0.3, 0.4) is 0 Å². The molecule has 3 nitrogen and oxygen atoms in total. The summed E-state index contributed by atoms with van der Waals surface area (Å²) in [4.78, 5) is 6.71. The van der Waals surface area contributed by atoms with Crippen LogP contribution in [0.1, 0.15) is 13.3 Å². The minimum Gasteiger partial charge on any atom is -0.378 e. The molecular weight excluding hydrogens is 164 g/mol. The number of morpholine rings is 1. The molecule has 0 aromatic heterocycles. The fourth-order valence-electron chi connectivity index (χ4n) is 1.66. The normalized spacial score (nSPS) is 28.8. The third-order valence-corrected chi connectivity index (χ3v) is 2.47. The molecule has 72 valence electrons. The van der Waals surface area contributed by atoms with Gasteiger partial charge in [-0.15, -0.1) is 0 Å². The van der Waals surface area contributed by atoms with Gasteiger partial charge in [0.1, 0.15) is 5.82 Å². The van der Waals surface area contributed by atoms with Crippen LogP contribution in [-0.2, 0) is 4.74 Å². The Bertz CT molecular complexity index is 229. The maximum absolute atomic E-state index is 5.30. The van der Waals surface area contributed by atoms with Gasteiger partial charge in [-0.1, -0.05) is 6.92 Å². The summed E-state index contributed by atoms with van der Waals surface area (Å²) in [5.74, 6) is 1.78. The third-order valence-electron chi connectivity index (χ3n) is 2.47. The van der Waals surface area contributed by atoms with E-state index >= 15 is 0 Å². The third kappa shape index (κ3) is 2.10. The number of hydrogen-bond acceptors (Lipinski definition) is 3. The smallest absolute Gasteiger partial charge is 0.124 e. The molecule has 0 saturated carbocycles. The van der Waals surface area contributed by atoms with E-state index in [1.54, 1.807) is 0 Å². The summed E-state index contributed by atoms with van der Waals surface area (Å²) < 4.78 is 5.30. The van der Waals surface area contributed by atoms with Crippen LogP contribution in [0.25, 0.3) is 0 Å². The Hall–Kier alpha value is -0.830. The molecule has 13 heavy (non-hydrogen) atoms. The van der Waals surface area contributed by atoms with Crippen molar-refractivity contribution >= 4 is 6.21 Å². The largest absolute Gasteiger partial charge is 0.378 e. The molecular formula is C10H16N2O. The molecule has 2 aliphatic heterocycles. The lowest BCUT2D eigenvalue weighted by Gasteiger charge is -2.30. The van der Waals surface area contributed by atoms with Crippen molar-refractivity contribution in [3.8, 4) is 0 Å². The van der Waals surface area contributed by atoms with Crippen LogP contribution in [0, 0.1) is 5.92 Å². The minimum absolute atomic E-state index is 0.635. The molecule has 2 rings (SSSR count). The van der Waals surface area contributed by atoms with Gasteiger partial charge in [-0.25, -0.2) is 4.99 Å². The van der Waals surface area contributed by atoms with Gasteiger partial charge in [-0.2, -0.15) is 0 Å². The van der Waals surface area contributed by atoms with E-state index in [-0.39, 0.29) is 0 Å². The van der Waals surface area contributed by atoms with Crippen molar-refractivity contribution in [1.29, 1.82) is 0 Å². The molecule has 1 saturated heterocycles. The zero-order chi connectivity index (χ0) is 9.10. The SMILES string of the molecule is CC1C=C(N2CCOCC2)N=CC1. The Labute approximate surface area is 79.1 Å². The predicted molar refractivity (Wildman–Crippen MR) is 52.7 cm³/mol. The number of rotatable bonds is 1. The maximum Gasteiger partial charge on any atom is 0.124 e. The molecule has 3 heteroatoms. The van der Waals surface area contributed by atoms with E-state index in [1.165, 1.54) is 0 Å². The summed E-state index contributed by atoms with van der Waals surface area (Å²) in [5, 5.41) is 0. The van der Waals surface area contributed by atoms with Crippen molar-refractivity contribution in [2.45, 2.75) is 13.3 Å². The lowest BCUT2D eigenvalue weighted by molar-refractivity contribution is 0.0527. The molecule has 0 amide bonds. The van der Waals surface area contributed by atoms with E-state index in [4.69, 9.17) is 4.74 Å². The fraction of sp³-hybridized carbons (Fsp3) is 0.700. The highest BCUT2D eigenvalue weighted by Crippen LogP contribution is 2.17. The lowest BCUT2D eigenvalue weighted by Crippen LogP contribution is -2.35. The molecule has 0 aromatic carbocycles. The number of aliphatic imine (C=N–C) groups is 1. The molecule has 1 atom stereocenters. The van der Waals surface area contributed by atoms with Gasteiger partial charge in [0.2, 0.25) is 0 Å². The Morgan fingerprint density at radius 1 is 1.46 bits per heavy atom. The highest BCUT2D eigenvalue weighted by molar-refractivity contribution is 5.61. The summed E-state index contributed by atoms with van der Waals surface area (Å²) in [6, 6.07) is 0. The molecule has 0 aliphatic carbocycles. The van der Waals surface area contributed by atoms with E-state index in [9.17, 15) is 0 Å². The van der Waals surface area contributed by atoms with Gasteiger partial charge in [-0.05, 0) is 18.4 Å². The second-order valence-corrected chi connectivity index (χ2v) is 3.65. The Balaban J connectivity index is 2.02. The predicted octanol–water partition coefficient (Wildman–Crippen LogP) is 1.27. The Kier molecular flexibility index (Phi) is 2.64. The van der Waals surface area contributed by atoms with Gasteiger partial charge < -0.3 is 9.64 Å². The first kappa shape index (κ1) is 8.75. The first-order chi connectivity index (χ1) is 6.36. The van der Waals surface area contributed by atoms with Crippen molar-refractivity contribution in [1.82, 2.24) is 4.90 Å². The van der Waals surface area contributed by atoms with Crippen LogP contribution in [0.15, 0.2) is 16.9 Å². The van der Waals surface area contributed by atoms with Gasteiger partial charge in [0.25, 0.3) is 0 Å². The molecule has 0 radical (unpaired) electrons. The first-order valence-corrected chi connectivity index (χ1v) is 4.93. The zero-order valence-electron chi connectivity index (χ0n) is 8.07. The molecule has 1 unspecified atom stereocenters. The zero-order valence-corrected chi connectivity index (χ0v) is 8.07. The summed E-state index contributed by atoms with van der Waals surface area (Å²) in [5.41, 5.74) is 0.